The molecule has 1 nitrogen and oxygen atoms in total. The number of aryl methyl sites for hydroxylation is 3. The normalized spacial score (nSPS) is 19.1. The van der Waals surface area contributed by atoms with Gasteiger partial charge in [-0.3, -0.25) is 0 Å². The molecule has 2 aromatic carbocycles. The highest BCUT2D eigenvalue weighted by Gasteiger charge is 2.27. The third-order valence-corrected chi connectivity index (χ3v) is 4.69. The first-order valence-electron chi connectivity index (χ1n) is 7.57. The summed E-state index contributed by atoms with van der Waals surface area (Å²) in [5.74, 6) is -0.0160. The largest absolute Gasteiger partial charge is 0.388 e. The van der Waals surface area contributed by atoms with Crippen LogP contribution in [0, 0.1) is 25.6 Å². The highest BCUT2D eigenvalue weighted by molar-refractivity contribution is 5.37. The fourth-order valence-electron chi connectivity index (χ4n) is 3.62. The van der Waals surface area contributed by atoms with E-state index < -0.39 is 6.10 Å². The molecule has 3 rings (SSSR count). The monoisotopic (exact) mass is 284 g/mol. The van der Waals surface area contributed by atoms with Crippen molar-refractivity contribution in [3.63, 3.8) is 0 Å². The molecular formula is C19H21FO. The first-order valence-corrected chi connectivity index (χ1v) is 7.57. The van der Waals surface area contributed by atoms with E-state index in [0.717, 1.165) is 36.0 Å². The Hall–Kier alpha value is -1.67. The van der Waals surface area contributed by atoms with Crippen LogP contribution in [-0.2, 0) is 12.8 Å². The van der Waals surface area contributed by atoms with Crippen LogP contribution in [0.15, 0.2) is 36.4 Å². The summed E-state index contributed by atoms with van der Waals surface area (Å²) in [5, 5.41) is 10.8. The SMILES string of the molecule is Cc1cc(F)cc(C)c1C(O)C1CCc2ccccc2C1. The van der Waals surface area contributed by atoms with Gasteiger partial charge in [-0.2, -0.15) is 0 Å². The van der Waals surface area contributed by atoms with E-state index in [2.05, 4.69) is 24.3 Å². The summed E-state index contributed by atoms with van der Waals surface area (Å²) in [6.45, 7) is 3.76. The molecule has 0 heterocycles. The maximum Gasteiger partial charge on any atom is 0.123 e. The van der Waals surface area contributed by atoms with E-state index in [-0.39, 0.29) is 11.7 Å². The third-order valence-electron chi connectivity index (χ3n) is 4.69. The van der Waals surface area contributed by atoms with Crippen LogP contribution in [0.25, 0.3) is 0 Å². The van der Waals surface area contributed by atoms with Gasteiger partial charge in [0.2, 0.25) is 0 Å². The van der Waals surface area contributed by atoms with Crippen LogP contribution in [-0.4, -0.2) is 5.11 Å². The van der Waals surface area contributed by atoms with E-state index in [1.807, 2.05) is 13.8 Å². The van der Waals surface area contributed by atoms with Crippen LogP contribution in [0.5, 0.6) is 0 Å². The molecule has 0 bridgehead atoms. The minimum Gasteiger partial charge on any atom is -0.388 e. The molecule has 21 heavy (non-hydrogen) atoms. The molecule has 0 saturated heterocycles. The molecular weight excluding hydrogens is 263 g/mol. The molecule has 2 heteroatoms. The van der Waals surface area contributed by atoms with Crippen molar-refractivity contribution < 1.29 is 9.50 Å². The lowest BCUT2D eigenvalue weighted by Crippen LogP contribution is -2.22. The van der Waals surface area contributed by atoms with E-state index in [1.165, 1.54) is 23.3 Å². The number of fused-ring (bicyclic) bond motifs is 1. The van der Waals surface area contributed by atoms with E-state index in [1.54, 1.807) is 0 Å². The first kappa shape index (κ1) is 14.3. The van der Waals surface area contributed by atoms with Crippen molar-refractivity contribution in [2.75, 3.05) is 0 Å². The van der Waals surface area contributed by atoms with Crippen LogP contribution >= 0.6 is 0 Å². The molecule has 1 aliphatic carbocycles. The Kier molecular flexibility index (Phi) is 3.81. The molecule has 0 aromatic heterocycles. The van der Waals surface area contributed by atoms with Crippen LogP contribution in [0.3, 0.4) is 0 Å². The van der Waals surface area contributed by atoms with Crippen LogP contribution in [0.4, 0.5) is 4.39 Å². The predicted molar refractivity (Wildman–Crippen MR) is 82.8 cm³/mol. The third kappa shape index (κ3) is 2.73. The maximum absolute atomic E-state index is 13.4. The molecule has 0 saturated carbocycles. The Balaban J connectivity index is 1.89. The molecule has 0 fully saturated rings. The number of aliphatic hydroxyl groups excluding tert-OH is 1. The summed E-state index contributed by atoms with van der Waals surface area (Å²) < 4.78 is 13.4. The molecule has 1 N–H and O–H groups in total. The highest BCUT2D eigenvalue weighted by Crippen LogP contribution is 2.36. The van der Waals surface area contributed by atoms with Crippen molar-refractivity contribution in [2.24, 2.45) is 5.92 Å². The van der Waals surface area contributed by atoms with Gasteiger partial charge in [-0.25, -0.2) is 4.39 Å². The van der Waals surface area contributed by atoms with Gasteiger partial charge in [0.1, 0.15) is 5.82 Å². The van der Waals surface area contributed by atoms with Crippen LogP contribution < -0.4 is 0 Å². The molecule has 110 valence electrons. The van der Waals surface area contributed by atoms with Gasteiger partial charge in [-0.05, 0) is 79.0 Å². The Bertz CT molecular complexity index is 639. The second-order valence-electron chi connectivity index (χ2n) is 6.17. The molecule has 0 amide bonds. The van der Waals surface area contributed by atoms with Crippen molar-refractivity contribution in [1.82, 2.24) is 0 Å². The van der Waals surface area contributed by atoms with Crippen molar-refractivity contribution >= 4 is 0 Å². The van der Waals surface area contributed by atoms with Crippen molar-refractivity contribution in [3.8, 4) is 0 Å². The average molecular weight is 284 g/mol. The fourth-order valence-corrected chi connectivity index (χ4v) is 3.62. The van der Waals surface area contributed by atoms with E-state index in [4.69, 9.17) is 0 Å². The van der Waals surface area contributed by atoms with Gasteiger partial charge in [0.15, 0.2) is 0 Å². The Morgan fingerprint density at radius 3 is 2.38 bits per heavy atom. The average Bonchev–Trinajstić information content (AvgIpc) is 2.45. The quantitative estimate of drug-likeness (QED) is 0.872. The lowest BCUT2D eigenvalue weighted by molar-refractivity contribution is 0.0982. The molecule has 2 atom stereocenters. The number of hydrogen-bond acceptors (Lipinski definition) is 1. The minimum atomic E-state index is -0.515. The van der Waals surface area contributed by atoms with Crippen molar-refractivity contribution in [1.29, 1.82) is 0 Å². The summed E-state index contributed by atoms with van der Waals surface area (Å²) >= 11 is 0. The van der Waals surface area contributed by atoms with Gasteiger partial charge in [0.05, 0.1) is 6.10 Å². The summed E-state index contributed by atoms with van der Waals surface area (Å²) in [6.07, 6.45) is 2.37. The second-order valence-corrected chi connectivity index (χ2v) is 6.17. The van der Waals surface area contributed by atoms with Crippen LogP contribution in [0.2, 0.25) is 0 Å². The van der Waals surface area contributed by atoms with E-state index >= 15 is 0 Å². The number of rotatable bonds is 2. The predicted octanol–water partition coefficient (Wildman–Crippen LogP) is 4.28. The van der Waals surface area contributed by atoms with Crippen LogP contribution in [0.1, 0.15) is 40.3 Å². The van der Waals surface area contributed by atoms with Gasteiger partial charge in [0.25, 0.3) is 0 Å². The minimum absolute atomic E-state index is 0.211. The van der Waals surface area contributed by atoms with Gasteiger partial charge >= 0.3 is 0 Å². The number of halogens is 1. The summed E-state index contributed by atoms with van der Waals surface area (Å²) in [4.78, 5) is 0. The van der Waals surface area contributed by atoms with E-state index in [0.29, 0.717) is 0 Å². The first-order chi connectivity index (χ1) is 10.1. The maximum atomic E-state index is 13.4. The highest BCUT2D eigenvalue weighted by atomic mass is 19.1. The van der Waals surface area contributed by atoms with Gasteiger partial charge in [-0.15, -0.1) is 0 Å². The Labute approximate surface area is 125 Å². The van der Waals surface area contributed by atoms with E-state index in [9.17, 15) is 9.50 Å². The lowest BCUT2D eigenvalue weighted by atomic mass is 9.78. The summed E-state index contributed by atoms with van der Waals surface area (Å²) in [6, 6.07) is 11.5. The van der Waals surface area contributed by atoms with Gasteiger partial charge < -0.3 is 5.11 Å². The Morgan fingerprint density at radius 1 is 1.10 bits per heavy atom. The van der Waals surface area contributed by atoms with Gasteiger partial charge in [-0.1, -0.05) is 24.3 Å². The topological polar surface area (TPSA) is 20.2 Å². The number of aliphatic hydroxyl groups is 1. The standard InChI is InChI=1S/C19H21FO/c1-12-9-17(20)10-13(2)18(12)19(21)16-8-7-14-5-3-4-6-15(14)11-16/h3-6,9-10,16,19,21H,7-8,11H2,1-2H3. The zero-order valence-corrected chi connectivity index (χ0v) is 12.6. The molecule has 1 aliphatic rings. The molecule has 0 radical (unpaired) electrons. The molecule has 0 spiro atoms. The number of hydrogen-bond donors (Lipinski definition) is 1. The summed E-state index contributed by atoms with van der Waals surface area (Å²) in [5.41, 5.74) is 5.33. The van der Waals surface area contributed by atoms with Crippen molar-refractivity contribution in [2.45, 2.75) is 39.2 Å². The lowest BCUT2D eigenvalue weighted by Gasteiger charge is -2.30. The fraction of sp³-hybridized carbons (Fsp3) is 0.368. The smallest absolute Gasteiger partial charge is 0.123 e. The van der Waals surface area contributed by atoms with Gasteiger partial charge in [0, 0.05) is 0 Å². The number of benzene rings is 2. The molecule has 2 aromatic rings. The molecule has 0 aliphatic heterocycles. The second kappa shape index (κ2) is 5.61. The Morgan fingerprint density at radius 2 is 1.71 bits per heavy atom. The zero-order valence-electron chi connectivity index (χ0n) is 12.6. The van der Waals surface area contributed by atoms with Crippen molar-refractivity contribution in [3.05, 3.63) is 70.0 Å². The molecule has 2 unspecified atom stereocenters. The summed E-state index contributed by atoms with van der Waals surface area (Å²) in [7, 11) is 0. The zero-order chi connectivity index (χ0) is 15.0.